The van der Waals surface area contributed by atoms with Crippen molar-refractivity contribution in [2.24, 2.45) is 0 Å². The molecule has 130 valence electrons. The van der Waals surface area contributed by atoms with Crippen molar-refractivity contribution in [2.75, 3.05) is 18.6 Å². The van der Waals surface area contributed by atoms with E-state index in [9.17, 15) is 4.79 Å². The molecule has 0 unspecified atom stereocenters. The van der Waals surface area contributed by atoms with Crippen LogP contribution in [0.2, 0.25) is 0 Å². The lowest BCUT2D eigenvalue weighted by Gasteiger charge is -2.19. The van der Waals surface area contributed by atoms with E-state index < -0.39 is 0 Å². The molecule has 0 saturated carbocycles. The average Bonchev–Trinajstić information content (AvgIpc) is 2.92. The van der Waals surface area contributed by atoms with Gasteiger partial charge >= 0.3 is 5.97 Å². The van der Waals surface area contributed by atoms with E-state index in [1.165, 1.54) is 11.3 Å². The number of thiophene rings is 1. The van der Waals surface area contributed by atoms with Gasteiger partial charge in [-0.15, -0.1) is 11.3 Å². The number of hydrogen-bond donors (Lipinski definition) is 0. The maximum absolute atomic E-state index is 12.2. The fraction of sp³-hybridized carbons (Fsp3) is 0.353. The molecule has 0 saturated heterocycles. The quantitative estimate of drug-likeness (QED) is 0.649. The molecular formula is C17H19N5O2S. The molecule has 3 aromatic heterocycles. The smallest absolute Gasteiger partial charge is 0.348 e. The Morgan fingerprint density at radius 2 is 2.08 bits per heavy atom. The van der Waals surface area contributed by atoms with Gasteiger partial charge in [0.05, 0.1) is 30.4 Å². The summed E-state index contributed by atoms with van der Waals surface area (Å²) in [5, 5.41) is 0.880. The molecule has 3 heterocycles. The predicted molar refractivity (Wildman–Crippen MR) is 97.0 cm³/mol. The lowest BCUT2D eigenvalue weighted by Crippen LogP contribution is -2.19. The zero-order valence-electron chi connectivity index (χ0n) is 14.6. The number of ether oxygens (including phenoxy) is 1. The van der Waals surface area contributed by atoms with Crippen molar-refractivity contribution in [3.63, 3.8) is 0 Å². The zero-order valence-corrected chi connectivity index (χ0v) is 15.4. The maximum atomic E-state index is 12.2. The van der Waals surface area contributed by atoms with Crippen LogP contribution in [0.25, 0.3) is 10.2 Å². The van der Waals surface area contributed by atoms with Crippen molar-refractivity contribution in [1.82, 2.24) is 19.9 Å². The second-order valence-corrected chi connectivity index (χ2v) is 6.60. The van der Waals surface area contributed by atoms with Gasteiger partial charge in [-0.25, -0.2) is 14.8 Å². The molecule has 0 fully saturated rings. The SMILES string of the molecule is CCOC(=O)c1sc2nc(C)nc(N(C)Cc3cnccn3)c2c1C. The molecule has 0 spiro atoms. The Labute approximate surface area is 149 Å². The van der Waals surface area contributed by atoms with Gasteiger partial charge in [0.25, 0.3) is 0 Å². The monoisotopic (exact) mass is 357 g/mol. The molecule has 0 atom stereocenters. The van der Waals surface area contributed by atoms with Gasteiger partial charge in [0.1, 0.15) is 21.3 Å². The summed E-state index contributed by atoms with van der Waals surface area (Å²) in [4.78, 5) is 33.1. The van der Waals surface area contributed by atoms with Crippen LogP contribution in [0.5, 0.6) is 0 Å². The molecule has 25 heavy (non-hydrogen) atoms. The summed E-state index contributed by atoms with van der Waals surface area (Å²) in [7, 11) is 1.94. The topological polar surface area (TPSA) is 81.1 Å². The van der Waals surface area contributed by atoms with Gasteiger partial charge in [0, 0.05) is 19.4 Å². The molecule has 0 aliphatic carbocycles. The first kappa shape index (κ1) is 17.2. The van der Waals surface area contributed by atoms with Gasteiger partial charge in [0.15, 0.2) is 0 Å². The van der Waals surface area contributed by atoms with E-state index in [1.54, 1.807) is 25.5 Å². The molecule has 0 aliphatic heterocycles. The molecular weight excluding hydrogens is 338 g/mol. The van der Waals surface area contributed by atoms with Crippen LogP contribution in [0.15, 0.2) is 18.6 Å². The minimum atomic E-state index is -0.316. The number of aryl methyl sites for hydroxylation is 2. The van der Waals surface area contributed by atoms with Gasteiger partial charge < -0.3 is 9.64 Å². The van der Waals surface area contributed by atoms with Crippen LogP contribution in [-0.2, 0) is 11.3 Å². The molecule has 0 amide bonds. The first-order valence-corrected chi connectivity index (χ1v) is 8.73. The number of rotatable bonds is 5. The summed E-state index contributed by atoms with van der Waals surface area (Å²) < 4.78 is 5.16. The van der Waals surface area contributed by atoms with Crippen molar-refractivity contribution in [1.29, 1.82) is 0 Å². The van der Waals surface area contributed by atoms with E-state index in [-0.39, 0.29) is 5.97 Å². The van der Waals surface area contributed by atoms with Gasteiger partial charge in [-0.3, -0.25) is 9.97 Å². The van der Waals surface area contributed by atoms with E-state index >= 15 is 0 Å². The fourth-order valence-corrected chi connectivity index (χ4v) is 3.73. The van der Waals surface area contributed by atoms with Crippen LogP contribution in [0.4, 0.5) is 5.82 Å². The van der Waals surface area contributed by atoms with Crippen molar-refractivity contribution in [3.8, 4) is 0 Å². The number of hydrogen-bond acceptors (Lipinski definition) is 8. The molecule has 0 N–H and O–H groups in total. The molecule has 3 rings (SSSR count). The van der Waals surface area contributed by atoms with Crippen molar-refractivity contribution in [3.05, 3.63) is 40.5 Å². The number of nitrogens with zero attached hydrogens (tertiary/aromatic N) is 5. The van der Waals surface area contributed by atoms with Crippen LogP contribution in [0.3, 0.4) is 0 Å². The number of carbonyl (C=O) groups excluding carboxylic acids is 1. The molecule has 0 aliphatic rings. The molecule has 3 aromatic rings. The Kier molecular flexibility index (Phi) is 4.89. The number of carbonyl (C=O) groups is 1. The van der Waals surface area contributed by atoms with E-state index in [4.69, 9.17) is 4.74 Å². The lowest BCUT2D eigenvalue weighted by atomic mass is 10.2. The van der Waals surface area contributed by atoms with E-state index in [0.717, 1.165) is 27.3 Å². The van der Waals surface area contributed by atoms with Crippen LogP contribution in [0.1, 0.15) is 33.7 Å². The summed E-state index contributed by atoms with van der Waals surface area (Å²) in [6.45, 7) is 6.45. The average molecular weight is 357 g/mol. The Hall–Kier alpha value is -2.61. The molecule has 0 bridgehead atoms. The van der Waals surface area contributed by atoms with Crippen molar-refractivity contribution < 1.29 is 9.53 Å². The highest BCUT2D eigenvalue weighted by molar-refractivity contribution is 7.20. The van der Waals surface area contributed by atoms with E-state index in [1.807, 2.05) is 25.8 Å². The summed E-state index contributed by atoms with van der Waals surface area (Å²) in [5.41, 5.74) is 1.69. The van der Waals surface area contributed by atoms with Crippen molar-refractivity contribution >= 4 is 33.3 Å². The highest BCUT2D eigenvalue weighted by atomic mass is 32.1. The van der Waals surface area contributed by atoms with Crippen LogP contribution < -0.4 is 4.90 Å². The standard InChI is InChI=1S/C17H19N5O2S/c1-5-24-17(23)14-10(2)13-15(20-11(3)21-16(13)25-14)22(4)9-12-8-18-6-7-19-12/h6-8H,5,9H2,1-4H3. The third-order valence-corrected chi connectivity index (χ3v) is 4.89. The Morgan fingerprint density at radius 3 is 2.76 bits per heavy atom. The van der Waals surface area contributed by atoms with Crippen LogP contribution in [-0.4, -0.2) is 39.6 Å². The lowest BCUT2D eigenvalue weighted by molar-refractivity contribution is 0.0531. The first-order chi connectivity index (χ1) is 12.0. The third-order valence-electron chi connectivity index (χ3n) is 3.72. The maximum Gasteiger partial charge on any atom is 0.348 e. The highest BCUT2D eigenvalue weighted by Gasteiger charge is 2.22. The minimum Gasteiger partial charge on any atom is -0.462 e. The second-order valence-electron chi connectivity index (χ2n) is 5.60. The zero-order chi connectivity index (χ0) is 18.0. The fourth-order valence-electron chi connectivity index (χ4n) is 2.62. The summed E-state index contributed by atoms with van der Waals surface area (Å²) in [5.74, 6) is 1.12. The van der Waals surface area contributed by atoms with Crippen molar-refractivity contribution in [2.45, 2.75) is 27.3 Å². The van der Waals surface area contributed by atoms with Crippen LogP contribution >= 0.6 is 11.3 Å². The molecule has 8 heteroatoms. The summed E-state index contributed by atoms with van der Waals surface area (Å²) in [6, 6.07) is 0. The number of aromatic nitrogens is 4. The third kappa shape index (κ3) is 3.43. The number of anilines is 1. The largest absolute Gasteiger partial charge is 0.462 e. The summed E-state index contributed by atoms with van der Waals surface area (Å²) >= 11 is 1.34. The molecule has 0 radical (unpaired) electrons. The van der Waals surface area contributed by atoms with Gasteiger partial charge in [0.2, 0.25) is 0 Å². The summed E-state index contributed by atoms with van der Waals surface area (Å²) in [6.07, 6.45) is 5.04. The number of fused-ring (bicyclic) bond motifs is 1. The van der Waals surface area contributed by atoms with E-state index in [0.29, 0.717) is 23.9 Å². The second kappa shape index (κ2) is 7.10. The highest BCUT2D eigenvalue weighted by Crippen LogP contribution is 2.35. The molecule has 7 nitrogen and oxygen atoms in total. The van der Waals surface area contributed by atoms with Gasteiger partial charge in [-0.05, 0) is 26.3 Å². The normalized spacial score (nSPS) is 10.9. The van der Waals surface area contributed by atoms with Gasteiger partial charge in [-0.2, -0.15) is 0 Å². The number of esters is 1. The van der Waals surface area contributed by atoms with Gasteiger partial charge in [-0.1, -0.05) is 0 Å². The first-order valence-electron chi connectivity index (χ1n) is 7.92. The Balaban J connectivity index is 2.06. The Bertz CT molecular complexity index is 910. The minimum absolute atomic E-state index is 0.316. The van der Waals surface area contributed by atoms with E-state index in [2.05, 4.69) is 19.9 Å². The molecule has 0 aromatic carbocycles. The van der Waals surface area contributed by atoms with Crippen LogP contribution in [0, 0.1) is 13.8 Å². The predicted octanol–water partition coefficient (Wildman–Crippen LogP) is 2.91. The Morgan fingerprint density at radius 1 is 1.28 bits per heavy atom.